The van der Waals surface area contributed by atoms with Crippen molar-refractivity contribution in [1.29, 1.82) is 0 Å². The molecule has 0 spiro atoms. The highest BCUT2D eigenvalue weighted by molar-refractivity contribution is 7.99. The Morgan fingerprint density at radius 1 is 1.40 bits per heavy atom. The van der Waals surface area contributed by atoms with Crippen LogP contribution in [0, 0.1) is 0 Å². The second-order valence-corrected chi connectivity index (χ2v) is 6.35. The summed E-state index contributed by atoms with van der Waals surface area (Å²) in [6, 6.07) is 10.3. The molecule has 0 amide bonds. The third-order valence-corrected chi connectivity index (χ3v) is 5.05. The molecular formula is C16H19NO2S. The van der Waals surface area contributed by atoms with E-state index in [0.29, 0.717) is 0 Å². The first-order valence-electron chi connectivity index (χ1n) is 7.04. The van der Waals surface area contributed by atoms with Gasteiger partial charge in [0.05, 0.1) is 23.5 Å². The van der Waals surface area contributed by atoms with Crippen LogP contribution in [0.4, 0.5) is 0 Å². The number of ether oxygens (including phenoxy) is 1. The van der Waals surface area contributed by atoms with Crippen LogP contribution >= 0.6 is 11.8 Å². The number of aliphatic hydroxyl groups is 1. The molecule has 3 nitrogen and oxygen atoms in total. The fourth-order valence-electron chi connectivity index (χ4n) is 2.57. The van der Waals surface area contributed by atoms with Crippen LogP contribution in [-0.2, 0) is 10.5 Å². The molecule has 0 unspecified atom stereocenters. The Bertz CT molecular complexity index is 569. The molecule has 2 atom stereocenters. The first kappa shape index (κ1) is 13.9. The van der Waals surface area contributed by atoms with Crippen molar-refractivity contribution in [2.75, 3.05) is 13.2 Å². The Kier molecular flexibility index (Phi) is 4.55. The molecular weight excluding hydrogens is 270 g/mol. The third kappa shape index (κ3) is 3.14. The van der Waals surface area contributed by atoms with Gasteiger partial charge < -0.3 is 9.84 Å². The molecule has 2 aromatic rings. The predicted octanol–water partition coefficient (Wildman–Crippen LogP) is 3.01. The number of aliphatic hydroxyl groups excluding tert-OH is 1. The summed E-state index contributed by atoms with van der Waals surface area (Å²) in [4.78, 5) is 4.48. The van der Waals surface area contributed by atoms with Crippen LogP contribution < -0.4 is 0 Å². The molecule has 2 heterocycles. The lowest BCUT2D eigenvalue weighted by Crippen LogP contribution is -2.26. The maximum atomic E-state index is 9.52. The number of para-hydroxylation sites is 1. The Morgan fingerprint density at radius 2 is 2.30 bits per heavy atom. The van der Waals surface area contributed by atoms with E-state index in [1.165, 1.54) is 10.9 Å². The van der Waals surface area contributed by atoms with E-state index in [1.54, 1.807) is 11.8 Å². The molecule has 0 saturated carbocycles. The number of nitrogens with zero attached hydrogens (tertiary/aromatic N) is 1. The zero-order chi connectivity index (χ0) is 13.8. The number of hydrogen-bond acceptors (Lipinski definition) is 4. The van der Waals surface area contributed by atoms with Crippen molar-refractivity contribution in [3.63, 3.8) is 0 Å². The summed E-state index contributed by atoms with van der Waals surface area (Å²) in [7, 11) is 0. The third-order valence-electron chi connectivity index (χ3n) is 3.67. The number of fused-ring (bicyclic) bond motifs is 1. The molecule has 20 heavy (non-hydrogen) atoms. The molecule has 3 rings (SSSR count). The molecule has 1 aromatic heterocycles. The van der Waals surface area contributed by atoms with Gasteiger partial charge in [0.2, 0.25) is 0 Å². The van der Waals surface area contributed by atoms with Crippen molar-refractivity contribution >= 4 is 22.7 Å². The molecule has 0 bridgehead atoms. The molecule has 4 heteroatoms. The Balaban J connectivity index is 1.66. The Morgan fingerprint density at radius 3 is 3.10 bits per heavy atom. The van der Waals surface area contributed by atoms with Crippen molar-refractivity contribution < 1.29 is 9.84 Å². The van der Waals surface area contributed by atoms with E-state index in [4.69, 9.17) is 4.74 Å². The normalized spacial score (nSPS) is 20.4. The van der Waals surface area contributed by atoms with E-state index in [-0.39, 0.29) is 18.0 Å². The van der Waals surface area contributed by atoms with Crippen LogP contribution in [0.1, 0.15) is 18.4 Å². The number of rotatable bonds is 5. The van der Waals surface area contributed by atoms with Crippen molar-refractivity contribution in [3.8, 4) is 0 Å². The maximum Gasteiger partial charge on any atom is 0.0716 e. The predicted molar refractivity (Wildman–Crippen MR) is 82.9 cm³/mol. The van der Waals surface area contributed by atoms with Gasteiger partial charge in [-0.25, -0.2) is 0 Å². The smallest absolute Gasteiger partial charge is 0.0716 e. The zero-order valence-corrected chi connectivity index (χ0v) is 12.2. The van der Waals surface area contributed by atoms with E-state index in [2.05, 4.69) is 17.1 Å². The lowest BCUT2D eigenvalue weighted by atomic mass is 10.2. The van der Waals surface area contributed by atoms with E-state index in [1.807, 2.05) is 24.4 Å². The summed E-state index contributed by atoms with van der Waals surface area (Å²) < 4.78 is 5.67. The van der Waals surface area contributed by atoms with Crippen LogP contribution in [0.25, 0.3) is 10.9 Å². The van der Waals surface area contributed by atoms with E-state index >= 15 is 0 Å². The standard InChI is InChI=1S/C16H19NO2S/c18-10-16(15-6-3-7-19-15)20-11-12-8-13-4-1-2-5-14(13)17-9-12/h1-2,4-5,8-9,15-16,18H,3,6-7,10-11H2/t15-,16+/m1/s1. The summed E-state index contributed by atoms with van der Waals surface area (Å²) in [5.41, 5.74) is 2.23. The minimum absolute atomic E-state index is 0.170. The summed E-state index contributed by atoms with van der Waals surface area (Å²) in [6.45, 7) is 1.01. The van der Waals surface area contributed by atoms with Crippen LogP contribution in [0.5, 0.6) is 0 Å². The lowest BCUT2D eigenvalue weighted by Gasteiger charge is -2.20. The lowest BCUT2D eigenvalue weighted by molar-refractivity contribution is 0.0923. The van der Waals surface area contributed by atoms with Gasteiger partial charge in [0, 0.05) is 23.9 Å². The average Bonchev–Trinajstić information content (AvgIpc) is 3.02. The number of pyridine rings is 1. The van der Waals surface area contributed by atoms with E-state index < -0.39 is 0 Å². The summed E-state index contributed by atoms with van der Waals surface area (Å²) in [5.74, 6) is 0.864. The molecule has 0 radical (unpaired) electrons. The van der Waals surface area contributed by atoms with Gasteiger partial charge in [-0.3, -0.25) is 4.98 Å². The highest BCUT2D eigenvalue weighted by Crippen LogP contribution is 2.27. The van der Waals surface area contributed by atoms with Gasteiger partial charge in [-0.2, -0.15) is 0 Å². The van der Waals surface area contributed by atoms with Gasteiger partial charge in [0.15, 0.2) is 0 Å². The molecule has 106 valence electrons. The van der Waals surface area contributed by atoms with Crippen molar-refractivity contribution in [3.05, 3.63) is 42.1 Å². The second kappa shape index (κ2) is 6.57. The Hall–Kier alpha value is -1.10. The second-order valence-electron chi connectivity index (χ2n) is 5.12. The van der Waals surface area contributed by atoms with Gasteiger partial charge in [-0.15, -0.1) is 11.8 Å². The van der Waals surface area contributed by atoms with Gasteiger partial charge in [0.1, 0.15) is 0 Å². The first-order valence-corrected chi connectivity index (χ1v) is 8.09. The van der Waals surface area contributed by atoms with Crippen LogP contribution in [0.15, 0.2) is 36.5 Å². The molecule has 1 fully saturated rings. The fraction of sp³-hybridized carbons (Fsp3) is 0.438. The van der Waals surface area contributed by atoms with Gasteiger partial charge in [0.25, 0.3) is 0 Å². The number of aromatic nitrogens is 1. The van der Waals surface area contributed by atoms with Gasteiger partial charge in [-0.05, 0) is 30.5 Å². The Labute approximate surface area is 123 Å². The van der Waals surface area contributed by atoms with E-state index in [0.717, 1.165) is 30.7 Å². The van der Waals surface area contributed by atoms with Gasteiger partial charge >= 0.3 is 0 Å². The number of hydrogen-bond donors (Lipinski definition) is 1. The van der Waals surface area contributed by atoms with Crippen molar-refractivity contribution in [2.45, 2.75) is 29.9 Å². The summed E-state index contributed by atoms with van der Waals surface area (Å²) >= 11 is 1.77. The number of thioether (sulfide) groups is 1. The molecule has 1 aliphatic rings. The first-order chi connectivity index (χ1) is 9.86. The molecule has 1 N–H and O–H groups in total. The average molecular weight is 289 g/mol. The van der Waals surface area contributed by atoms with Crippen LogP contribution in [0.2, 0.25) is 0 Å². The molecule has 1 saturated heterocycles. The van der Waals surface area contributed by atoms with Crippen molar-refractivity contribution in [1.82, 2.24) is 4.98 Å². The van der Waals surface area contributed by atoms with Crippen LogP contribution in [-0.4, -0.2) is 34.7 Å². The molecule has 1 aliphatic heterocycles. The highest BCUT2D eigenvalue weighted by Gasteiger charge is 2.25. The quantitative estimate of drug-likeness (QED) is 0.919. The van der Waals surface area contributed by atoms with Crippen molar-refractivity contribution in [2.24, 2.45) is 0 Å². The minimum Gasteiger partial charge on any atom is -0.395 e. The fourth-order valence-corrected chi connectivity index (χ4v) is 3.67. The topological polar surface area (TPSA) is 42.4 Å². The summed E-state index contributed by atoms with van der Waals surface area (Å²) in [5, 5.41) is 10.9. The summed E-state index contributed by atoms with van der Waals surface area (Å²) in [6.07, 6.45) is 4.31. The van der Waals surface area contributed by atoms with Crippen LogP contribution in [0.3, 0.4) is 0 Å². The van der Waals surface area contributed by atoms with Gasteiger partial charge in [-0.1, -0.05) is 18.2 Å². The monoisotopic (exact) mass is 289 g/mol. The number of benzene rings is 1. The minimum atomic E-state index is 0.170. The SMILES string of the molecule is OC[C@H](SCc1cnc2ccccc2c1)[C@H]1CCCO1. The molecule has 1 aromatic carbocycles. The highest BCUT2D eigenvalue weighted by atomic mass is 32.2. The maximum absolute atomic E-state index is 9.52. The molecule has 0 aliphatic carbocycles. The zero-order valence-electron chi connectivity index (χ0n) is 11.4. The van der Waals surface area contributed by atoms with E-state index in [9.17, 15) is 5.11 Å². The largest absolute Gasteiger partial charge is 0.395 e.